The summed E-state index contributed by atoms with van der Waals surface area (Å²) < 4.78 is 0. The number of aliphatic imine (C=N–C) groups is 1. The fraction of sp³-hybridized carbons (Fsp3) is 0.214. The Morgan fingerprint density at radius 3 is 2.69 bits per heavy atom. The van der Waals surface area contributed by atoms with Crippen LogP contribution in [0, 0.1) is 6.92 Å². The minimum absolute atomic E-state index is 0.646. The highest BCUT2D eigenvalue weighted by Crippen LogP contribution is 2.30. The number of thiophene rings is 1. The van der Waals surface area contributed by atoms with E-state index >= 15 is 0 Å². The Hall–Kier alpha value is -3.68. The predicted molar refractivity (Wildman–Crippen MR) is 145 cm³/mol. The average Bonchev–Trinajstić information content (AvgIpc) is 3.53. The van der Waals surface area contributed by atoms with E-state index in [4.69, 9.17) is 15.0 Å². The fourth-order valence-corrected chi connectivity index (χ4v) is 4.92. The first-order valence-corrected chi connectivity index (χ1v) is 12.6. The average molecular weight is 481 g/mol. The van der Waals surface area contributed by atoms with Gasteiger partial charge in [0.05, 0.1) is 11.0 Å². The number of benzene rings is 1. The van der Waals surface area contributed by atoms with Gasteiger partial charge in [0.2, 0.25) is 0 Å². The van der Waals surface area contributed by atoms with E-state index in [9.17, 15) is 0 Å². The maximum absolute atomic E-state index is 5.03. The van der Waals surface area contributed by atoms with E-state index in [0.717, 1.165) is 62.6 Å². The van der Waals surface area contributed by atoms with Crippen LogP contribution < -0.4 is 0 Å². The number of hydrogen-bond donors (Lipinski definition) is 1. The van der Waals surface area contributed by atoms with Crippen LogP contribution in [0.25, 0.3) is 33.3 Å². The second kappa shape index (κ2) is 9.90. The molecule has 0 aliphatic carbocycles. The Morgan fingerprint density at radius 2 is 1.91 bits per heavy atom. The van der Waals surface area contributed by atoms with Crippen molar-refractivity contribution in [2.24, 2.45) is 4.99 Å². The zero-order valence-electron chi connectivity index (χ0n) is 20.4. The summed E-state index contributed by atoms with van der Waals surface area (Å²) in [6.45, 7) is 5.54. The van der Waals surface area contributed by atoms with Gasteiger partial charge in [0, 0.05) is 59.6 Å². The molecular formula is C28H28N6S. The van der Waals surface area contributed by atoms with E-state index in [1.165, 1.54) is 5.56 Å². The van der Waals surface area contributed by atoms with Gasteiger partial charge in [-0.1, -0.05) is 12.1 Å². The van der Waals surface area contributed by atoms with E-state index in [2.05, 4.69) is 76.1 Å². The molecule has 176 valence electrons. The number of rotatable bonds is 7. The molecule has 0 spiro atoms. The van der Waals surface area contributed by atoms with Crippen molar-refractivity contribution >= 4 is 28.1 Å². The van der Waals surface area contributed by atoms with Crippen molar-refractivity contribution in [2.45, 2.75) is 20.4 Å². The minimum Gasteiger partial charge on any atom is -0.337 e. The summed E-state index contributed by atoms with van der Waals surface area (Å²) in [5.41, 5.74) is 10.2. The smallest absolute Gasteiger partial charge is 0.157 e. The molecular weight excluding hydrogens is 452 g/mol. The van der Waals surface area contributed by atoms with E-state index in [1.54, 1.807) is 11.3 Å². The highest BCUT2D eigenvalue weighted by molar-refractivity contribution is 7.08. The number of aromatic nitrogens is 4. The van der Waals surface area contributed by atoms with Crippen molar-refractivity contribution in [3.63, 3.8) is 0 Å². The molecule has 1 N–H and O–H groups in total. The van der Waals surface area contributed by atoms with Crippen molar-refractivity contribution in [1.82, 2.24) is 24.8 Å². The Bertz CT molecular complexity index is 1500. The van der Waals surface area contributed by atoms with Crippen LogP contribution >= 0.6 is 11.3 Å². The van der Waals surface area contributed by atoms with Gasteiger partial charge in [-0.15, -0.1) is 0 Å². The number of pyridine rings is 2. The summed E-state index contributed by atoms with van der Waals surface area (Å²) in [6.07, 6.45) is 5.71. The maximum Gasteiger partial charge on any atom is 0.157 e. The third-order valence-electron chi connectivity index (χ3n) is 5.85. The SMILES string of the molecule is CC/N=C(/c1nc2c(-c3ccsc3)cccc2[nH]1)c1cc(-c2cncc(CN(C)C)c2)cnc1C. The van der Waals surface area contributed by atoms with Gasteiger partial charge in [0.15, 0.2) is 5.82 Å². The molecule has 0 unspecified atom stereocenters. The summed E-state index contributed by atoms with van der Waals surface area (Å²) in [5.74, 6) is 0.756. The number of para-hydroxylation sites is 1. The number of H-pyrrole nitrogens is 1. The van der Waals surface area contributed by atoms with Gasteiger partial charge in [-0.05, 0) is 74.1 Å². The van der Waals surface area contributed by atoms with Crippen molar-refractivity contribution in [3.05, 3.63) is 88.4 Å². The van der Waals surface area contributed by atoms with E-state index < -0.39 is 0 Å². The first kappa shape index (κ1) is 23.1. The molecule has 0 atom stereocenters. The monoisotopic (exact) mass is 480 g/mol. The largest absolute Gasteiger partial charge is 0.337 e. The molecule has 4 heterocycles. The van der Waals surface area contributed by atoms with Crippen LogP contribution in [0.4, 0.5) is 0 Å². The number of hydrogen-bond acceptors (Lipinski definition) is 6. The van der Waals surface area contributed by atoms with Crippen LogP contribution in [-0.4, -0.2) is 51.2 Å². The summed E-state index contributed by atoms with van der Waals surface area (Å²) in [5, 5.41) is 4.24. The van der Waals surface area contributed by atoms with Gasteiger partial charge in [0.25, 0.3) is 0 Å². The zero-order chi connectivity index (χ0) is 24.4. The Labute approximate surface area is 209 Å². The standard InChI is InChI=1S/C28H28N6S/c1-5-30-27(28-32-25-8-6-7-23(26(25)33-28)20-9-10-35-17-20)24-12-22(15-31-18(24)2)21-11-19(13-29-14-21)16-34(3)4/h6-15,17H,5,16H2,1-4H3,(H,32,33)/b30-27+. The topological polar surface area (TPSA) is 70.1 Å². The van der Waals surface area contributed by atoms with Gasteiger partial charge in [0.1, 0.15) is 5.71 Å². The van der Waals surface area contributed by atoms with Crippen LogP contribution in [0.2, 0.25) is 0 Å². The predicted octanol–water partition coefficient (Wildman–Crippen LogP) is 5.98. The zero-order valence-corrected chi connectivity index (χ0v) is 21.2. The number of nitrogens with one attached hydrogen (secondary N) is 1. The van der Waals surface area contributed by atoms with Crippen molar-refractivity contribution in [1.29, 1.82) is 0 Å². The molecule has 0 amide bonds. The number of fused-ring (bicyclic) bond motifs is 1. The van der Waals surface area contributed by atoms with Crippen LogP contribution in [0.15, 0.2) is 70.7 Å². The third kappa shape index (κ3) is 4.78. The molecule has 0 fully saturated rings. The Kier molecular flexibility index (Phi) is 6.53. The van der Waals surface area contributed by atoms with Crippen molar-refractivity contribution in [2.75, 3.05) is 20.6 Å². The molecule has 4 aromatic heterocycles. The first-order chi connectivity index (χ1) is 17.0. The lowest BCUT2D eigenvalue weighted by Gasteiger charge is -2.12. The summed E-state index contributed by atoms with van der Waals surface area (Å²) in [7, 11) is 4.12. The van der Waals surface area contributed by atoms with Gasteiger partial charge in [-0.3, -0.25) is 15.0 Å². The van der Waals surface area contributed by atoms with E-state index in [1.807, 2.05) is 32.4 Å². The van der Waals surface area contributed by atoms with Crippen molar-refractivity contribution in [3.8, 4) is 22.3 Å². The molecule has 0 aliphatic heterocycles. The van der Waals surface area contributed by atoms with Crippen LogP contribution in [-0.2, 0) is 6.54 Å². The summed E-state index contributed by atoms with van der Waals surface area (Å²) in [4.78, 5) is 24.7. The summed E-state index contributed by atoms with van der Waals surface area (Å²) >= 11 is 1.69. The number of aromatic amines is 1. The second-order valence-corrected chi connectivity index (χ2v) is 9.58. The molecule has 0 bridgehead atoms. The van der Waals surface area contributed by atoms with Crippen LogP contribution in [0.1, 0.15) is 29.6 Å². The molecule has 35 heavy (non-hydrogen) atoms. The Morgan fingerprint density at radius 1 is 1.06 bits per heavy atom. The van der Waals surface area contributed by atoms with Crippen molar-refractivity contribution < 1.29 is 0 Å². The highest BCUT2D eigenvalue weighted by atomic mass is 32.1. The molecule has 5 aromatic rings. The van der Waals surface area contributed by atoms with E-state index in [0.29, 0.717) is 6.54 Å². The van der Waals surface area contributed by atoms with E-state index in [-0.39, 0.29) is 0 Å². The van der Waals surface area contributed by atoms with Crippen LogP contribution in [0.5, 0.6) is 0 Å². The number of nitrogens with zero attached hydrogens (tertiary/aromatic N) is 5. The van der Waals surface area contributed by atoms with Gasteiger partial charge in [-0.2, -0.15) is 11.3 Å². The van der Waals surface area contributed by atoms with Crippen LogP contribution in [0.3, 0.4) is 0 Å². The third-order valence-corrected chi connectivity index (χ3v) is 6.54. The lowest BCUT2D eigenvalue weighted by molar-refractivity contribution is 0.402. The highest BCUT2D eigenvalue weighted by Gasteiger charge is 2.18. The maximum atomic E-state index is 5.03. The van der Waals surface area contributed by atoms with Gasteiger partial charge >= 0.3 is 0 Å². The second-order valence-electron chi connectivity index (χ2n) is 8.80. The minimum atomic E-state index is 0.646. The Balaban J connectivity index is 1.60. The molecule has 7 heteroatoms. The lowest BCUT2D eigenvalue weighted by atomic mass is 10.0. The lowest BCUT2D eigenvalue weighted by Crippen LogP contribution is -2.11. The molecule has 0 saturated heterocycles. The molecule has 0 radical (unpaired) electrons. The quantitative estimate of drug-likeness (QED) is 0.291. The molecule has 0 saturated carbocycles. The van der Waals surface area contributed by atoms with Gasteiger partial charge in [-0.25, -0.2) is 4.98 Å². The number of aryl methyl sites for hydroxylation is 1. The van der Waals surface area contributed by atoms with Gasteiger partial charge < -0.3 is 9.88 Å². The first-order valence-electron chi connectivity index (χ1n) is 11.7. The molecule has 6 nitrogen and oxygen atoms in total. The molecule has 1 aromatic carbocycles. The number of imidazole rings is 1. The summed E-state index contributed by atoms with van der Waals surface area (Å²) in [6, 6.07) is 12.7. The molecule has 0 aliphatic rings. The fourth-order valence-electron chi connectivity index (χ4n) is 4.27. The molecule has 5 rings (SSSR count). The normalized spacial score (nSPS) is 12.1.